The number of nitrogens with zero attached hydrogens (tertiary/aromatic N) is 4. The third-order valence-electron chi connectivity index (χ3n) is 6.06. The maximum Gasteiger partial charge on any atom is 0.243 e. The lowest BCUT2D eigenvalue weighted by molar-refractivity contribution is -0.119. The minimum atomic E-state index is -3.69. The van der Waals surface area contributed by atoms with Crippen LogP contribution in [0.25, 0.3) is 10.9 Å². The van der Waals surface area contributed by atoms with Crippen molar-refractivity contribution in [2.75, 3.05) is 31.5 Å². The van der Waals surface area contributed by atoms with Gasteiger partial charge in [0.05, 0.1) is 17.0 Å². The van der Waals surface area contributed by atoms with E-state index in [0.29, 0.717) is 44.4 Å². The number of rotatable bonds is 8. The minimum absolute atomic E-state index is 0.0270. The number of nitrogens with two attached hydrogens (primary N) is 1. The van der Waals surface area contributed by atoms with Gasteiger partial charge in [-0.1, -0.05) is 26.0 Å². The number of anilines is 1. The molecule has 186 valence electrons. The zero-order valence-electron chi connectivity index (χ0n) is 19.7. The molecule has 3 N–H and O–H groups in total. The molecule has 0 bridgehead atoms. The molecular weight excluding hydrogens is 471 g/mol. The fourth-order valence-corrected chi connectivity index (χ4v) is 5.52. The van der Waals surface area contributed by atoms with Crippen molar-refractivity contribution < 1.29 is 17.6 Å². The Hall–Kier alpha value is -3.15. The zero-order valence-corrected chi connectivity index (χ0v) is 20.5. The van der Waals surface area contributed by atoms with Crippen molar-refractivity contribution >= 4 is 32.7 Å². The lowest BCUT2D eigenvalue weighted by Gasteiger charge is -2.33. The smallest absolute Gasteiger partial charge is 0.243 e. The van der Waals surface area contributed by atoms with E-state index in [1.54, 1.807) is 0 Å². The Kier molecular flexibility index (Phi) is 7.29. The lowest BCUT2D eigenvalue weighted by atomic mass is 10.0. The van der Waals surface area contributed by atoms with Gasteiger partial charge in [0.25, 0.3) is 0 Å². The molecule has 11 heteroatoms. The number of benzene rings is 2. The van der Waals surface area contributed by atoms with Crippen molar-refractivity contribution in [1.82, 2.24) is 19.2 Å². The van der Waals surface area contributed by atoms with Crippen LogP contribution in [0, 0.1) is 11.7 Å². The molecule has 0 spiro atoms. The fraction of sp³-hybridized carbons (Fsp3) is 0.375. The standard InChI is InChI=1S/C24H29FN6O3S/c1-16(2)22(23(26)32)29-24-19-5-3-4-6-20(19)27-21(28-24)15-30-11-13-31(14-12-30)35(33,34)18-9-7-17(25)8-10-18/h3-10,16,22H,11-15H2,1-2H3,(H2,26,32)(H,27,28,29)/t22-/m0/s1. The highest BCUT2D eigenvalue weighted by Crippen LogP contribution is 2.23. The highest BCUT2D eigenvalue weighted by atomic mass is 32.2. The summed E-state index contributed by atoms with van der Waals surface area (Å²) in [6.45, 7) is 5.83. The second kappa shape index (κ2) is 10.2. The number of amides is 1. The van der Waals surface area contributed by atoms with Gasteiger partial charge in [0.2, 0.25) is 15.9 Å². The van der Waals surface area contributed by atoms with E-state index < -0.39 is 27.8 Å². The first-order chi connectivity index (χ1) is 16.6. The van der Waals surface area contributed by atoms with Crippen molar-refractivity contribution in [3.8, 4) is 0 Å². The molecule has 4 rings (SSSR count). The largest absolute Gasteiger partial charge is 0.368 e. The first-order valence-corrected chi connectivity index (χ1v) is 12.9. The molecule has 1 aromatic heterocycles. The number of carbonyl (C=O) groups is 1. The number of nitrogens with one attached hydrogen (secondary N) is 1. The first-order valence-electron chi connectivity index (χ1n) is 11.4. The number of halogens is 1. The van der Waals surface area contributed by atoms with Crippen LogP contribution in [-0.4, -0.2) is 65.7 Å². The van der Waals surface area contributed by atoms with Crippen molar-refractivity contribution in [3.63, 3.8) is 0 Å². The summed E-state index contributed by atoms with van der Waals surface area (Å²) in [6, 6.07) is 11.8. The third-order valence-corrected chi connectivity index (χ3v) is 7.98. The number of primary amides is 1. The van der Waals surface area contributed by atoms with E-state index in [9.17, 15) is 17.6 Å². The summed E-state index contributed by atoms with van der Waals surface area (Å²) in [5, 5.41) is 3.98. The number of aromatic nitrogens is 2. The zero-order chi connectivity index (χ0) is 25.2. The maximum absolute atomic E-state index is 13.2. The molecule has 1 atom stereocenters. The van der Waals surface area contributed by atoms with Crippen molar-refractivity contribution in [2.45, 2.75) is 31.3 Å². The van der Waals surface area contributed by atoms with Gasteiger partial charge in [0.15, 0.2) is 0 Å². The summed E-state index contributed by atoms with van der Waals surface area (Å²) in [5.74, 6) is 0.144. The summed E-state index contributed by atoms with van der Waals surface area (Å²) in [7, 11) is -3.69. The summed E-state index contributed by atoms with van der Waals surface area (Å²) < 4.78 is 40.4. The van der Waals surface area contributed by atoms with Gasteiger partial charge in [0, 0.05) is 31.6 Å². The quantitative estimate of drug-likeness (QED) is 0.486. The van der Waals surface area contributed by atoms with E-state index >= 15 is 0 Å². The Morgan fingerprint density at radius 1 is 1.06 bits per heavy atom. The Morgan fingerprint density at radius 2 is 1.71 bits per heavy atom. The van der Waals surface area contributed by atoms with Gasteiger partial charge in [-0.3, -0.25) is 9.69 Å². The number of hydrogen-bond acceptors (Lipinski definition) is 7. The molecule has 2 heterocycles. The normalized spacial score (nSPS) is 16.5. The summed E-state index contributed by atoms with van der Waals surface area (Å²) in [6.07, 6.45) is 0. The minimum Gasteiger partial charge on any atom is -0.368 e. The molecule has 0 radical (unpaired) electrons. The maximum atomic E-state index is 13.2. The number of para-hydroxylation sites is 1. The van der Waals surface area contributed by atoms with Crippen molar-refractivity contribution in [1.29, 1.82) is 0 Å². The Labute approximate surface area is 204 Å². The van der Waals surface area contributed by atoms with Crippen LogP contribution in [0.5, 0.6) is 0 Å². The van der Waals surface area contributed by atoms with E-state index in [0.717, 1.165) is 23.0 Å². The molecule has 3 aromatic rings. The van der Waals surface area contributed by atoms with Crippen molar-refractivity contribution in [3.05, 3.63) is 60.2 Å². The highest BCUT2D eigenvalue weighted by molar-refractivity contribution is 7.89. The van der Waals surface area contributed by atoms with E-state index in [-0.39, 0.29) is 10.8 Å². The molecule has 0 saturated carbocycles. The molecule has 0 aliphatic carbocycles. The summed E-state index contributed by atoms with van der Waals surface area (Å²) >= 11 is 0. The van der Waals surface area contributed by atoms with Crippen LogP contribution in [0.2, 0.25) is 0 Å². The van der Waals surface area contributed by atoms with Gasteiger partial charge in [-0.15, -0.1) is 0 Å². The van der Waals surface area contributed by atoms with E-state index in [1.807, 2.05) is 38.1 Å². The Morgan fingerprint density at radius 3 is 2.34 bits per heavy atom. The lowest BCUT2D eigenvalue weighted by Crippen LogP contribution is -2.48. The van der Waals surface area contributed by atoms with Gasteiger partial charge in [-0.05, 0) is 42.3 Å². The van der Waals surface area contributed by atoms with Crippen LogP contribution < -0.4 is 11.1 Å². The number of fused-ring (bicyclic) bond motifs is 1. The molecule has 1 aliphatic rings. The average molecular weight is 501 g/mol. The predicted molar refractivity (Wildman–Crippen MR) is 131 cm³/mol. The van der Waals surface area contributed by atoms with Crippen LogP contribution in [0.1, 0.15) is 19.7 Å². The third kappa shape index (κ3) is 5.58. The number of piperazine rings is 1. The van der Waals surface area contributed by atoms with E-state index in [2.05, 4.69) is 20.2 Å². The molecule has 1 aliphatic heterocycles. The van der Waals surface area contributed by atoms with Crippen LogP contribution in [0.4, 0.5) is 10.2 Å². The number of sulfonamides is 1. The van der Waals surface area contributed by atoms with Crippen LogP contribution in [0.3, 0.4) is 0 Å². The monoisotopic (exact) mass is 500 g/mol. The average Bonchev–Trinajstić information content (AvgIpc) is 2.82. The van der Waals surface area contributed by atoms with Gasteiger partial charge in [0.1, 0.15) is 23.5 Å². The second-order valence-electron chi connectivity index (χ2n) is 8.91. The van der Waals surface area contributed by atoms with Crippen LogP contribution in [-0.2, 0) is 21.4 Å². The number of hydrogen-bond donors (Lipinski definition) is 2. The van der Waals surface area contributed by atoms with Crippen LogP contribution in [0.15, 0.2) is 53.4 Å². The Bertz CT molecular complexity index is 1310. The number of carbonyl (C=O) groups excluding carboxylic acids is 1. The molecule has 1 fully saturated rings. The molecule has 2 aromatic carbocycles. The molecule has 1 saturated heterocycles. The molecule has 0 unspecified atom stereocenters. The predicted octanol–water partition coefficient (Wildman–Crippen LogP) is 2.20. The first kappa shape index (κ1) is 25.0. The van der Waals surface area contributed by atoms with E-state index in [4.69, 9.17) is 5.73 Å². The van der Waals surface area contributed by atoms with Gasteiger partial charge >= 0.3 is 0 Å². The Balaban J connectivity index is 1.49. The highest BCUT2D eigenvalue weighted by Gasteiger charge is 2.29. The summed E-state index contributed by atoms with van der Waals surface area (Å²) in [4.78, 5) is 23.5. The van der Waals surface area contributed by atoms with Gasteiger partial charge in [-0.25, -0.2) is 22.8 Å². The van der Waals surface area contributed by atoms with Crippen molar-refractivity contribution in [2.24, 2.45) is 11.7 Å². The van der Waals surface area contributed by atoms with Gasteiger partial charge in [-0.2, -0.15) is 4.31 Å². The van der Waals surface area contributed by atoms with Gasteiger partial charge < -0.3 is 11.1 Å². The fourth-order valence-electron chi connectivity index (χ4n) is 4.10. The van der Waals surface area contributed by atoms with E-state index in [1.165, 1.54) is 16.4 Å². The molecule has 1 amide bonds. The topological polar surface area (TPSA) is 122 Å². The SMILES string of the molecule is CC(C)[C@H](Nc1nc(CN2CCN(S(=O)(=O)c3ccc(F)cc3)CC2)nc2ccccc12)C(N)=O. The molecule has 35 heavy (non-hydrogen) atoms. The summed E-state index contributed by atoms with van der Waals surface area (Å²) in [5.41, 5.74) is 6.33. The molecule has 9 nitrogen and oxygen atoms in total. The van der Waals surface area contributed by atoms with Crippen LogP contribution >= 0.6 is 0 Å². The second-order valence-corrected chi connectivity index (χ2v) is 10.8. The molecular formula is C24H29FN6O3S.